The van der Waals surface area contributed by atoms with Crippen molar-refractivity contribution < 1.29 is 4.74 Å². The Labute approximate surface area is 222 Å². The Morgan fingerprint density at radius 1 is 1.11 bits per heavy atom. The second-order valence-electron chi connectivity index (χ2n) is 9.04. The zero-order valence-electron chi connectivity index (χ0n) is 21.7. The van der Waals surface area contributed by atoms with Gasteiger partial charge >= 0.3 is 0 Å². The number of hydrogen-bond donors (Lipinski definition) is 1. The van der Waals surface area contributed by atoms with Crippen molar-refractivity contribution >= 4 is 17.3 Å². The number of benzene rings is 1. The monoisotopic (exact) mass is 509 g/mol. The van der Waals surface area contributed by atoms with E-state index in [9.17, 15) is 5.26 Å². The highest BCUT2D eigenvalue weighted by atomic mass is 16.5. The molecule has 3 aromatic heterocycles. The van der Waals surface area contributed by atoms with Crippen LogP contribution in [0.15, 0.2) is 61.2 Å². The maximum atomic E-state index is 9.89. The minimum atomic E-state index is 0.451. The topological polar surface area (TPSA) is 108 Å². The number of pyridine rings is 1. The van der Waals surface area contributed by atoms with Gasteiger partial charge in [0.05, 0.1) is 23.6 Å². The molecule has 10 heteroatoms. The number of aromatic nitrogens is 5. The predicted molar refractivity (Wildman–Crippen MR) is 147 cm³/mol. The van der Waals surface area contributed by atoms with Crippen molar-refractivity contribution in [2.75, 3.05) is 56.7 Å². The fraction of sp³-hybridized carbons (Fsp3) is 0.321. The summed E-state index contributed by atoms with van der Waals surface area (Å²) < 4.78 is 7.09. The number of hydrogen-bond acceptors (Lipinski definition) is 9. The molecule has 0 amide bonds. The molecule has 0 unspecified atom stereocenters. The zero-order chi connectivity index (χ0) is 26.3. The quantitative estimate of drug-likeness (QED) is 0.360. The molecule has 194 valence electrons. The molecule has 0 aliphatic carbocycles. The van der Waals surface area contributed by atoms with Gasteiger partial charge in [-0.2, -0.15) is 10.4 Å². The number of rotatable bonds is 9. The van der Waals surface area contributed by atoms with E-state index < -0.39 is 0 Å². The highest BCUT2D eigenvalue weighted by Gasteiger charge is 2.20. The van der Waals surface area contributed by atoms with Crippen molar-refractivity contribution in [3.05, 3.63) is 66.7 Å². The molecule has 1 aliphatic heterocycles. The van der Waals surface area contributed by atoms with Crippen LogP contribution < -0.4 is 10.2 Å². The van der Waals surface area contributed by atoms with Crippen molar-refractivity contribution in [3.63, 3.8) is 0 Å². The first-order valence-corrected chi connectivity index (χ1v) is 12.8. The van der Waals surface area contributed by atoms with Gasteiger partial charge in [-0.05, 0) is 43.3 Å². The van der Waals surface area contributed by atoms with E-state index in [1.54, 1.807) is 25.7 Å². The average Bonchev–Trinajstić information content (AvgIpc) is 3.42. The van der Waals surface area contributed by atoms with Crippen LogP contribution in [0.4, 0.5) is 17.3 Å². The molecule has 0 spiro atoms. The fourth-order valence-electron chi connectivity index (χ4n) is 4.60. The summed E-state index contributed by atoms with van der Waals surface area (Å²) in [6.45, 7) is 8.11. The first-order chi connectivity index (χ1) is 18.7. The molecule has 4 heterocycles. The Morgan fingerprint density at radius 2 is 1.97 bits per heavy atom. The number of nitrogens with zero attached hydrogens (tertiary/aromatic N) is 8. The van der Waals surface area contributed by atoms with E-state index in [0.717, 1.165) is 79.8 Å². The maximum Gasteiger partial charge on any atom is 0.227 e. The second-order valence-corrected chi connectivity index (χ2v) is 9.04. The molecule has 0 atom stereocenters. The van der Waals surface area contributed by atoms with Crippen molar-refractivity contribution in [2.45, 2.75) is 13.5 Å². The lowest BCUT2D eigenvalue weighted by atomic mass is 10.1. The lowest BCUT2D eigenvalue weighted by Crippen LogP contribution is -2.47. The van der Waals surface area contributed by atoms with Gasteiger partial charge in [0.15, 0.2) is 0 Å². The maximum absolute atomic E-state index is 9.89. The third kappa shape index (κ3) is 5.64. The molecule has 1 N–H and O–H groups in total. The minimum Gasteiger partial charge on any atom is -0.383 e. The summed E-state index contributed by atoms with van der Waals surface area (Å²) in [5.74, 6) is 0.451. The normalized spacial score (nSPS) is 13.9. The molecule has 0 saturated carbocycles. The van der Waals surface area contributed by atoms with E-state index in [0.29, 0.717) is 11.5 Å². The van der Waals surface area contributed by atoms with Crippen LogP contribution in [-0.4, -0.2) is 76.1 Å². The van der Waals surface area contributed by atoms with Crippen LogP contribution in [0, 0.1) is 11.3 Å². The van der Waals surface area contributed by atoms with Crippen molar-refractivity contribution in [2.24, 2.45) is 0 Å². The third-order valence-electron chi connectivity index (χ3n) is 6.65. The summed E-state index contributed by atoms with van der Waals surface area (Å²) >= 11 is 0. The summed E-state index contributed by atoms with van der Waals surface area (Å²) in [6, 6.07) is 14.0. The van der Waals surface area contributed by atoms with E-state index in [4.69, 9.17) is 14.8 Å². The summed E-state index contributed by atoms with van der Waals surface area (Å²) in [5, 5.41) is 17.9. The van der Waals surface area contributed by atoms with Gasteiger partial charge in [-0.25, -0.2) is 9.97 Å². The van der Waals surface area contributed by atoms with Gasteiger partial charge < -0.3 is 15.0 Å². The summed E-state index contributed by atoms with van der Waals surface area (Å²) in [6.07, 6.45) is 7.27. The van der Waals surface area contributed by atoms with Crippen LogP contribution in [0.1, 0.15) is 12.5 Å². The summed E-state index contributed by atoms with van der Waals surface area (Å²) in [7, 11) is 1.73. The zero-order valence-corrected chi connectivity index (χ0v) is 21.7. The van der Waals surface area contributed by atoms with E-state index in [1.165, 1.54) is 0 Å². The van der Waals surface area contributed by atoms with Gasteiger partial charge in [-0.15, -0.1) is 0 Å². The van der Waals surface area contributed by atoms with Crippen LogP contribution in [0.3, 0.4) is 0 Å². The molecule has 0 bridgehead atoms. The van der Waals surface area contributed by atoms with Gasteiger partial charge in [-0.3, -0.25) is 14.6 Å². The van der Waals surface area contributed by atoms with E-state index in [-0.39, 0.29) is 0 Å². The molecule has 1 aromatic carbocycles. The average molecular weight is 510 g/mol. The first kappa shape index (κ1) is 25.3. The number of piperazine rings is 1. The third-order valence-corrected chi connectivity index (χ3v) is 6.65. The molecule has 1 fully saturated rings. The highest BCUT2D eigenvalue weighted by Crippen LogP contribution is 2.31. The molecule has 1 saturated heterocycles. The van der Waals surface area contributed by atoms with Gasteiger partial charge in [0.25, 0.3) is 0 Å². The number of aryl methyl sites for hydroxylation is 1. The summed E-state index contributed by atoms with van der Waals surface area (Å²) in [5.41, 5.74) is 5.75. The molecule has 4 aromatic rings. The lowest BCUT2D eigenvalue weighted by molar-refractivity contribution is 0.144. The number of anilines is 3. The van der Waals surface area contributed by atoms with Gasteiger partial charge in [0, 0.05) is 88.0 Å². The minimum absolute atomic E-state index is 0.451. The van der Waals surface area contributed by atoms with Crippen LogP contribution in [0.25, 0.3) is 22.5 Å². The summed E-state index contributed by atoms with van der Waals surface area (Å²) in [4.78, 5) is 18.1. The molecule has 38 heavy (non-hydrogen) atoms. The fourth-order valence-corrected chi connectivity index (χ4v) is 4.60. The van der Waals surface area contributed by atoms with Crippen molar-refractivity contribution in [3.8, 4) is 28.6 Å². The molecular weight excluding hydrogens is 478 g/mol. The Kier molecular flexibility index (Phi) is 7.87. The number of nitrogens with one attached hydrogen (secondary N) is 1. The number of nitriles is 1. The van der Waals surface area contributed by atoms with E-state index >= 15 is 0 Å². The van der Waals surface area contributed by atoms with Crippen LogP contribution in [-0.2, 0) is 11.3 Å². The highest BCUT2D eigenvalue weighted by molar-refractivity contribution is 5.78. The molecule has 1 aliphatic rings. The van der Waals surface area contributed by atoms with Gasteiger partial charge in [0.1, 0.15) is 11.8 Å². The first-order valence-electron chi connectivity index (χ1n) is 12.8. The second kappa shape index (κ2) is 11.8. The smallest absolute Gasteiger partial charge is 0.227 e. The SMILES string of the molecule is CCn1cc(-c2ccnc(Nc3ccc(N4CCN(CCOC)CC4)c(C#N)c3)n2)c(-c2cccnc2)n1. The lowest BCUT2D eigenvalue weighted by Gasteiger charge is -2.36. The Balaban J connectivity index is 1.35. The van der Waals surface area contributed by atoms with E-state index in [1.807, 2.05) is 47.3 Å². The van der Waals surface area contributed by atoms with Crippen molar-refractivity contribution in [1.29, 1.82) is 5.26 Å². The van der Waals surface area contributed by atoms with Crippen LogP contribution in [0.5, 0.6) is 0 Å². The number of methoxy groups -OCH3 is 1. The molecule has 5 rings (SSSR count). The molecular formula is C28H31N9O. The van der Waals surface area contributed by atoms with Gasteiger partial charge in [0.2, 0.25) is 5.95 Å². The van der Waals surface area contributed by atoms with Gasteiger partial charge in [-0.1, -0.05) is 0 Å². The molecule has 10 nitrogen and oxygen atoms in total. The van der Waals surface area contributed by atoms with Crippen molar-refractivity contribution in [1.82, 2.24) is 29.6 Å². The molecule has 0 radical (unpaired) electrons. The van der Waals surface area contributed by atoms with E-state index in [2.05, 4.69) is 38.1 Å². The Bertz CT molecular complexity index is 1410. The predicted octanol–water partition coefficient (Wildman–Crippen LogP) is 3.81. The Hall–Kier alpha value is -4.33. The van der Waals surface area contributed by atoms with Crippen LogP contribution >= 0.6 is 0 Å². The Morgan fingerprint density at radius 3 is 2.71 bits per heavy atom. The number of ether oxygens (including phenoxy) is 1. The largest absolute Gasteiger partial charge is 0.383 e. The standard InChI is InChI=1S/C28H31N9O/c1-3-37-20-24(27(34-37)21-5-4-9-30-19-21)25-8-10-31-28(33-25)32-23-6-7-26(22(17-23)18-29)36-13-11-35(12-14-36)15-16-38-2/h4-10,17,19-20H,3,11-16H2,1-2H3,(H,31,32,33). The van der Waals surface area contributed by atoms with Crippen LogP contribution in [0.2, 0.25) is 0 Å².